The Balaban J connectivity index is 1.93. The van der Waals surface area contributed by atoms with Crippen LogP contribution >= 0.6 is 11.6 Å². The molecule has 0 amide bonds. The zero-order valence-corrected chi connectivity index (χ0v) is 14.6. The summed E-state index contributed by atoms with van der Waals surface area (Å²) in [5.41, 5.74) is 4.08. The molecule has 0 saturated heterocycles. The van der Waals surface area contributed by atoms with Gasteiger partial charge >= 0.3 is 0 Å². The number of aromatic nitrogens is 4. The molecule has 2 aromatic carbocycles. The molecule has 0 N–H and O–H groups in total. The standard InChI is InChI=1S/C19H17ClN4O/c1-25-11-5-10-24-18(13-6-4-7-14(20)12-13)23-17-19(24)22-16-9-3-2-8-15(16)21-17/h2-4,6-9,12H,5,10-11H2,1H3. The fourth-order valence-electron chi connectivity index (χ4n) is 2.93. The Morgan fingerprint density at radius 1 is 1.00 bits per heavy atom. The summed E-state index contributed by atoms with van der Waals surface area (Å²) >= 11 is 6.17. The van der Waals surface area contributed by atoms with Crippen molar-refractivity contribution in [2.45, 2.75) is 13.0 Å². The van der Waals surface area contributed by atoms with Gasteiger partial charge in [0.15, 0.2) is 11.3 Å². The summed E-state index contributed by atoms with van der Waals surface area (Å²) in [5.74, 6) is 0.823. The van der Waals surface area contributed by atoms with Crippen LogP contribution in [0.2, 0.25) is 5.02 Å². The van der Waals surface area contributed by atoms with Gasteiger partial charge < -0.3 is 9.30 Å². The van der Waals surface area contributed by atoms with Crippen LogP contribution in [0.1, 0.15) is 6.42 Å². The molecule has 6 heteroatoms. The van der Waals surface area contributed by atoms with E-state index in [0.717, 1.165) is 41.0 Å². The third-order valence-corrected chi connectivity index (χ3v) is 4.31. The van der Waals surface area contributed by atoms with Gasteiger partial charge in [0.25, 0.3) is 0 Å². The van der Waals surface area contributed by atoms with E-state index in [9.17, 15) is 0 Å². The maximum absolute atomic E-state index is 6.17. The Bertz CT molecular complexity index is 1040. The highest BCUT2D eigenvalue weighted by Gasteiger charge is 2.16. The molecule has 0 radical (unpaired) electrons. The zero-order valence-electron chi connectivity index (χ0n) is 13.8. The van der Waals surface area contributed by atoms with Crippen molar-refractivity contribution in [1.29, 1.82) is 0 Å². The van der Waals surface area contributed by atoms with Crippen LogP contribution in [0, 0.1) is 0 Å². The normalized spacial score (nSPS) is 11.4. The van der Waals surface area contributed by atoms with E-state index in [1.807, 2.05) is 48.5 Å². The molecule has 0 aliphatic carbocycles. The molecule has 0 unspecified atom stereocenters. The molecule has 0 saturated carbocycles. The zero-order chi connectivity index (χ0) is 17.2. The Kier molecular flexibility index (Phi) is 4.34. The molecule has 0 bridgehead atoms. The first kappa shape index (κ1) is 16.0. The summed E-state index contributed by atoms with van der Waals surface area (Å²) in [6.07, 6.45) is 0.865. The lowest BCUT2D eigenvalue weighted by Crippen LogP contribution is -2.04. The van der Waals surface area contributed by atoms with Crippen molar-refractivity contribution in [1.82, 2.24) is 19.5 Å². The average molecular weight is 353 g/mol. The van der Waals surface area contributed by atoms with Gasteiger partial charge in [0, 0.05) is 30.8 Å². The van der Waals surface area contributed by atoms with Gasteiger partial charge in [-0.3, -0.25) is 0 Å². The predicted octanol–water partition coefficient (Wildman–Crippen LogP) is 4.34. The van der Waals surface area contributed by atoms with E-state index < -0.39 is 0 Å². The van der Waals surface area contributed by atoms with Crippen molar-refractivity contribution in [3.63, 3.8) is 0 Å². The minimum absolute atomic E-state index is 0.645. The highest BCUT2D eigenvalue weighted by Crippen LogP contribution is 2.26. The number of aryl methyl sites for hydroxylation is 1. The Hall–Kier alpha value is -2.50. The molecular weight excluding hydrogens is 336 g/mol. The first-order chi connectivity index (χ1) is 12.3. The van der Waals surface area contributed by atoms with Crippen LogP contribution in [-0.2, 0) is 11.3 Å². The molecule has 0 aliphatic rings. The fourth-order valence-corrected chi connectivity index (χ4v) is 3.12. The van der Waals surface area contributed by atoms with Crippen LogP contribution in [0.4, 0.5) is 0 Å². The smallest absolute Gasteiger partial charge is 0.198 e. The topological polar surface area (TPSA) is 52.8 Å². The van der Waals surface area contributed by atoms with E-state index >= 15 is 0 Å². The highest BCUT2D eigenvalue weighted by atomic mass is 35.5. The van der Waals surface area contributed by atoms with E-state index in [-0.39, 0.29) is 0 Å². The number of fused-ring (bicyclic) bond motifs is 2. The number of hydrogen-bond acceptors (Lipinski definition) is 4. The molecule has 0 spiro atoms. The number of ether oxygens (including phenoxy) is 1. The summed E-state index contributed by atoms with van der Waals surface area (Å²) in [4.78, 5) is 14.2. The summed E-state index contributed by atoms with van der Waals surface area (Å²) in [6, 6.07) is 15.5. The monoisotopic (exact) mass is 352 g/mol. The Labute approximate surface area is 150 Å². The van der Waals surface area contributed by atoms with Crippen LogP contribution in [0.3, 0.4) is 0 Å². The highest BCUT2D eigenvalue weighted by molar-refractivity contribution is 6.30. The summed E-state index contributed by atoms with van der Waals surface area (Å²) < 4.78 is 7.29. The molecule has 4 aromatic rings. The predicted molar refractivity (Wildman–Crippen MR) is 99.8 cm³/mol. The van der Waals surface area contributed by atoms with Crippen LogP contribution in [0.15, 0.2) is 48.5 Å². The van der Waals surface area contributed by atoms with Crippen molar-refractivity contribution in [2.75, 3.05) is 13.7 Å². The summed E-state index contributed by atoms with van der Waals surface area (Å²) in [6.45, 7) is 1.43. The number of nitrogens with zero attached hydrogens (tertiary/aromatic N) is 4. The molecule has 0 aliphatic heterocycles. The molecule has 25 heavy (non-hydrogen) atoms. The van der Waals surface area contributed by atoms with Crippen molar-refractivity contribution >= 4 is 33.9 Å². The van der Waals surface area contributed by atoms with Crippen LogP contribution in [0.5, 0.6) is 0 Å². The second kappa shape index (κ2) is 6.78. The van der Waals surface area contributed by atoms with E-state index in [0.29, 0.717) is 17.3 Å². The van der Waals surface area contributed by atoms with Gasteiger partial charge in [-0.05, 0) is 30.7 Å². The molecule has 4 rings (SSSR count). The minimum Gasteiger partial charge on any atom is -0.385 e. The molecule has 5 nitrogen and oxygen atoms in total. The van der Waals surface area contributed by atoms with Crippen molar-refractivity contribution in [2.24, 2.45) is 0 Å². The van der Waals surface area contributed by atoms with E-state index in [4.69, 9.17) is 26.3 Å². The third-order valence-electron chi connectivity index (χ3n) is 4.07. The van der Waals surface area contributed by atoms with Crippen molar-refractivity contribution < 1.29 is 4.74 Å². The second-order valence-corrected chi connectivity index (χ2v) is 6.24. The van der Waals surface area contributed by atoms with Crippen LogP contribution in [-0.4, -0.2) is 33.2 Å². The maximum Gasteiger partial charge on any atom is 0.198 e. The van der Waals surface area contributed by atoms with Crippen molar-refractivity contribution in [3.05, 3.63) is 53.6 Å². The average Bonchev–Trinajstić information content (AvgIpc) is 2.98. The second-order valence-electron chi connectivity index (χ2n) is 5.80. The fraction of sp³-hybridized carbons (Fsp3) is 0.211. The molecule has 2 heterocycles. The van der Waals surface area contributed by atoms with Crippen LogP contribution in [0.25, 0.3) is 33.7 Å². The number of rotatable bonds is 5. The number of hydrogen-bond donors (Lipinski definition) is 0. The van der Waals surface area contributed by atoms with Gasteiger partial charge in [-0.15, -0.1) is 0 Å². The number of imidazole rings is 1. The summed E-state index contributed by atoms with van der Waals surface area (Å²) in [5, 5.41) is 0.680. The Morgan fingerprint density at radius 3 is 2.56 bits per heavy atom. The number of benzene rings is 2. The SMILES string of the molecule is COCCCn1c(-c2cccc(Cl)c2)nc2nc3ccccc3nc21. The van der Waals surface area contributed by atoms with E-state index in [2.05, 4.69) is 9.55 Å². The lowest BCUT2D eigenvalue weighted by Gasteiger charge is -2.09. The minimum atomic E-state index is 0.645. The first-order valence-electron chi connectivity index (χ1n) is 8.14. The van der Waals surface area contributed by atoms with E-state index in [1.54, 1.807) is 7.11 Å². The molecule has 126 valence electrons. The third kappa shape index (κ3) is 3.08. The number of para-hydroxylation sites is 2. The molecule has 0 atom stereocenters. The Morgan fingerprint density at radius 2 is 1.80 bits per heavy atom. The molecular formula is C19H17ClN4O. The van der Waals surface area contributed by atoms with Gasteiger partial charge in [0.05, 0.1) is 11.0 Å². The summed E-state index contributed by atoms with van der Waals surface area (Å²) in [7, 11) is 1.71. The van der Waals surface area contributed by atoms with E-state index in [1.165, 1.54) is 0 Å². The quantitative estimate of drug-likeness (QED) is 0.501. The van der Waals surface area contributed by atoms with Gasteiger partial charge in [0.1, 0.15) is 5.82 Å². The van der Waals surface area contributed by atoms with Crippen LogP contribution < -0.4 is 0 Å². The largest absolute Gasteiger partial charge is 0.385 e. The maximum atomic E-state index is 6.17. The van der Waals surface area contributed by atoms with Gasteiger partial charge in [0.2, 0.25) is 0 Å². The number of methoxy groups -OCH3 is 1. The van der Waals surface area contributed by atoms with Crippen molar-refractivity contribution in [3.8, 4) is 11.4 Å². The molecule has 2 aromatic heterocycles. The molecule has 0 fully saturated rings. The number of halogens is 1. The first-order valence-corrected chi connectivity index (χ1v) is 8.52. The van der Waals surface area contributed by atoms with Gasteiger partial charge in [-0.25, -0.2) is 15.0 Å². The van der Waals surface area contributed by atoms with Gasteiger partial charge in [-0.1, -0.05) is 35.9 Å². The lowest BCUT2D eigenvalue weighted by molar-refractivity contribution is 0.191. The lowest BCUT2D eigenvalue weighted by atomic mass is 10.2. The van der Waals surface area contributed by atoms with Gasteiger partial charge in [-0.2, -0.15) is 0 Å².